The fraction of sp³-hybridized carbons (Fsp3) is 0.615. The second-order valence-corrected chi connectivity index (χ2v) is 7.25. The number of alkyl halides is 1. The summed E-state index contributed by atoms with van der Waals surface area (Å²) >= 11 is 5.28. The molecule has 0 radical (unpaired) electrons. The van der Waals surface area contributed by atoms with E-state index in [0.29, 0.717) is 0 Å². The van der Waals surface area contributed by atoms with Crippen LogP contribution in [0, 0.1) is 13.8 Å². The number of rotatable bonds is 2. The molecule has 1 saturated heterocycles. The summed E-state index contributed by atoms with van der Waals surface area (Å²) < 4.78 is 0. The lowest BCUT2D eigenvalue weighted by molar-refractivity contribution is -0.134. The minimum atomic E-state index is 0.0127. The van der Waals surface area contributed by atoms with Crippen molar-refractivity contribution in [2.24, 2.45) is 0 Å². The molecule has 0 aromatic carbocycles. The molecule has 2 heterocycles. The van der Waals surface area contributed by atoms with Gasteiger partial charge in [-0.2, -0.15) is 0 Å². The van der Waals surface area contributed by atoms with E-state index in [2.05, 4.69) is 42.8 Å². The van der Waals surface area contributed by atoms with Gasteiger partial charge in [-0.3, -0.25) is 4.79 Å². The predicted molar refractivity (Wildman–Crippen MR) is 75.9 cm³/mol. The van der Waals surface area contributed by atoms with Gasteiger partial charge in [0.25, 0.3) is 0 Å². The highest BCUT2D eigenvalue weighted by atomic mass is 79.9. The highest BCUT2D eigenvalue weighted by Crippen LogP contribution is 2.32. The van der Waals surface area contributed by atoms with Gasteiger partial charge in [-0.15, -0.1) is 11.3 Å². The monoisotopic (exact) mass is 315 g/mol. The Bertz CT molecular complexity index is 429. The smallest absolute Gasteiger partial charge is 0.236 e. The molecule has 1 fully saturated rings. The molecule has 4 heteroatoms. The number of amides is 1. The number of hydrogen-bond donors (Lipinski definition) is 0. The number of piperidine rings is 1. The van der Waals surface area contributed by atoms with E-state index in [1.807, 2.05) is 16.2 Å². The second-order valence-electron chi connectivity index (χ2n) is 4.69. The number of thiophene rings is 1. The van der Waals surface area contributed by atoms with Gasteiger partial charge in [-0.1, -0.05) is 15.9 Å². The number of nitrogens with zero attached hydrogens (tertiary/aromatic N) is 1. The number of likely N-dealkylation sites (tertiary alicyclic amines) is 1. The lowest BCUT2D eigenvalue weighted by atomic mass is 10.0. The van der Waals surface area contributed by atoms with Crippen molar-refractivity contribution >= 4 is 33.2 Å². The molecule has 0 aliphatic carbocycles. The number of hydrogen-bond acceptors (Lipinski definition) is 2. The molecule has 1 aliphatic rings. The molecule has 0 bridgehead atoms. The Morgan fingerprint density at radius 2 is 2.24 bits per heavy atom. The van der Waals surface area contributed by atoms with Crippen LogP contribution in [0.25, 0.3) is 0 Å². The van der Waals surface area contributed by atoms with Crippen LogP contribution in [0.2, 0.25) is 0 Å². The van der Waals surface area contributed by atoms with Crippen LogP contribution in [0.15, 0.2) is 6.07 Å². The molecule has 1 aliphatic heterocycles. The number of carbonyl (C=O) groups excluding carboxylic acids is 1. The van der Waals surface area contributed by atoms with Crippen LogP contribution in [-0.2, 0) is 4.79 Å². The number of halogens is 1. The highest BCUT2D eigenvalue weighted by Gasteiger charge is 2.31. The van der Waals surface area contributed by atoms with Gasteiger partial charge in [0, 0.05) is 16.3 Å². The average molecular weight is 316 g/mol. The van der Waals surface area contributed by atoms with Crippen molar-refractivity contribution in [2.75, 3.05) is 6.54 Å². The van der Waals surface area contributed by atoms with Crippen molar-refractivity contribution in [3.63, 3.8) is 0 Å². The summed E-state index contributed by atoms with van der Waals surface area (Å²) in [6.45, 7) is 7.29. The zero-order valence-electron chi connectivity index (χ0n) is 10.5. The molecule has 2 unspecified atom stereocenters. The van der Waals surface area contributed by atoms with Crippen molar-refractivity contribution < 1.29 is 4.79 Å². The maximum atomic E-state index is 12.1. The van der Waals surface area contributed by atoms with Crippen LogP contribution in [0.1, 0.15) is 41.1 Å². The van der Waals surface area contributed by atoms with E-state index in [1.165, 1.54) is 15.3 Å². The third kappa shape index (κ3) is 2.58. The van der Waals surface area contributed by atoms with Crippen LogP contribution >= 0.6 is 27.3 Å². The van der Waals surface area contributed by atoms with Crippen molar-refractivity contribution in [1.29, 1.82) is 0 Å². The van der Waals surface area contributed by atoms with Gasteiger partial charge >= 0.3 is 0 Å². The third-order valence-electron chi connectivity index (χ3n) is 3.40. The predicted octanol–water partition coefficient (Wildman–Crippen LogP) is 3.81. The van der Waals surface area contributed by atoms with Crippen LogP contribution in [0.5, 0.6) is 0 Å². The first kappa shape index (κ1) is 13.1. The van der Waals surface area contributed by atoms with Gasteiger partial charge in [0.1, 0.15) is 0 Å². The second kappa shape index (κ2) is 5.11. The summed E-state index contributed by atoms with van der Waals surface area (Å²) in [7, 11) is 0. The van der Waals surface area contributed by atoms with E-state index in [0.717, 1.165) is 19.4 Å². The molecule has 2 atom stereocenters. The summed E-state index contributed by atoms with van der Waals surface area (Å²) in [6, 6.07) is 2.42. The Hall–Kier alpha value is -0.350. The molecule has 0 N–H and O–H groups in total. The maximum Gasteiger partial charge on any atom is 0.236 e. The van der Waals surface area contributed by atoms with Gasteiger partial charge in [0.15, 0.2) is 0 Å². The summed E-state index contributed by atoms with van der Waals surface area (Å²) in [5.74, 6) is 0.243. The quantitative estimate of drug-likeness (QED) is 0.760. The lowest BCUT2D eigenvalue weighted by Crippen LogP contribution is -2.43. The molecule has 2 nitrogen and oxygen atoms in total. The molecule has 1 aromatic heterocycles. The number of carbonyl (C=O) groups is 1. The zero-order chi connectivity index (χ0) is 12.6. The average Bonchev–Trinajstić information content (AvgIpc) is 2.61. The Kier molecular flexibility index (Phi) is 3.93. The summed E-state index contributed by atoms with van der Waals surface area (Å²) in [6.07, 6.45) is 2.05. The summed E-state index contributed by atoms with van der Waals surface area (Å²) in [5, 5.41) is 0. The highest BCUT2D eigenvalue weighted by molar-refractivity contribution is 9.10. The van der Waals surface area contributed by atoms with Gasteiger partial charge in [0.05, 0.1) is 10.9 Å². The number of aryl methyl sites for hydroxylation is 2. The van der Waals surface area contributed by atoms with Gasteiger partial charge in [-0.05, 0) is 45.2 Å². The normalized spacial score (nSPS) is 22.9. The van der Waals surface area contributed by atoms with E-state index >= 15 is 0 Å². The summed E-state index contributed by atoms with van der Waals surface area (Å²) in [4.78, 5) is 16.8. The van der Waals surface area contributed by atoms with Crippen LogP contribution in [0.4, 0.5) is 0 Å². The van der Waals surface area contributed by atoms with Gasteiger partial charge in [-0.25, -0.2) is 0 Å². The van der Waals surface area contributed by atoms with Gasteiger partial charge in [0.2, 0.25) is 5.91 Å². The molecule has 1 amide bonds. The Labute approximate surface area is 115 Å². The van der Waals surface area contributed by atoms with E-state index < -0.39 is 0 Å². The fourth-order valence-electron chi connectivity index (χ4n) is 2.47. The molecule has 2 rings (SSSR count). The minimum Gasteiger partial charge on any atom is -0.335 e. The van der Waals surface area contributed by atoms with Crippen molar-refractivity contribution in [3.8, 4) is 0 Å². The van der Waals surface area contributed by atoms with Crippen LogP contribution in [-0.4, -0.2) is 22.2 Å². The zero-order valence-corrected chi connectivity index (χ0v) is 12.9. The molecular formula is C13H18BrNOS. The molecule has 94 valence electrons. The first-order valence-electron chi connectivity index (χ1n) is 6.02. The minimum absolute atomic E-state index is 0.0127. The SMILES string of the molecule is Cc1cc(C(C)N2CCCC(Br)C2=O)c(C)s1. The first-order chi connectivity index (χ1) is 8.00. The van der Waals surface area contributed by atoms with E-state index in [1.54, 1.807) is 0 Å². The molecule has 0 spiro atoms. The van der Waals surface area contributed by atoms with Crippen LogP contribution in [0.3, 0.4) is 0 Å². The van der Waals surface area contributed by atoms with E-state index in [9.17, 15) is 4.79 Å². The maximum absolute atomic E-state index is 12.1. The topological polar surface area (TPSA) is 20.3 Å². The van der Waals surface area contributed by atoms with E-state index in [4.69, 9.17) is 0 Å². The van der Waals surface area contributed by atoms with E-state index in [-0.39, 0.29) is 16.8 Å². The van der Waals surface area contributed by atoms with Crippen molar-refractivity contribution in [2.45, 2.75) is 44.5 Å². The Morgan fingerprint density at radius 1 is 1.53 bits per heavy atom. The van der Waals surface area contributed by atoms with Crippen molar-refractivity contribution in [1.82, 2.24) is 4.90 Å². The Balaban J connectivity index is 2.22. The van der Waals surface area contributed by atoms with Crippen LogP contribution < -0.4 is 0 Å². The standard InChI is InChI=1S/C13H18BrNOS/c1-8-7-11(10(3)17-8)9(2)15-6-4-5-12(14)13(15)16/h7,9,12H,4-6H2,1-3H3. The molecule has 0 saturated carbocycles. The van der Waals surface area contributed by atoms with Crippen molar-refractivity contribution in [3.05, 3.63) is 21.4 Å². The third-order valence-corrected chi connectivity index (χ3v) is 5.24. The largest absolute Gasteiger partial charge is 0.335 e. The summed E-state index contributed by atoms with van der Waals surface area (Å²) in [5.41, 5.74) is 1.31. The fourth-order valence-corrected chi connectivity index (χ4v) is 4.08. The van der Waals surface area contributed by atoms with Gasteiger partial charge < -0.3 is 4.90 Å². The molecule has 1 aromatic rings. The Morgan fingerprint density at radius 3 is 2.82 bits per heavy atom. The lowest BCUT2D eigenvalue weighted by Gasteiger charge is -2.35. The molecular weight excluding hydrogens is 298 g/mol. The molecule has 17 heavy (non-hydrogen) atoms. The first-order valence-corrected chi connectivity index (χ1v) is 7.75.